The maximum Gasteiger partial charge on any atom is 0.309 e. The number of hydrogen-bond donors (Lipinski definition) is 1. The Hall–Kier alpha value is -1.91. The Balaban J connectivity index is 3.29. The van der Waals surface area contributed by atoms with Crippen LogP contribution in [-0.2, 0) is 11.2 Å². The van der Waals surface area contributed by atoms with Crippen molar-refractivity contribution in [1.29, 1.82) is 0 Å². The van der Waals surface area contributed by atoms with E-state index in [4.69, 9.17) is 14.2 Å². The average Bonchev–Trinajstić information content (AvgIpc) is 2.40. The molecule has 0 radical (unpaired) electrons. The van der Waals surface area contributed by atoms with Gasteiger partial charge in [-0.05, 0) is 38.8 Å². The molecule has 0 saturated heterocycles. The van der Waals surface area contributed by atoms with E-state index in [1.165, 1.54) is 7.11 Å². The molecule has 0 spiro atoms. The lowest BCUT2D eigenvalue weighted by Crippen LogP contribution is -2.26. The van der Waals surface area contributed by atoms with Gasteiger partial charge < -0.3 is 19.3 Å². The van der Waals surface area contributed by atoms with Crippen molar-refractivity contribution in [3.05, 3.63) is 17.7 Å². The third-order valence-corrected chi connectivity index (χ3v) is 3.08. The zero-order chi connectivity index (χ0) is 15.3. The molecule has 1 aromatic rings. The van der Waals surface area contributed by atoms with Crippen LogP contribution in [0.25, 0.3) is 0 Å². The Morgan fingerprint density at radius 1 is 1.20 bits per heavy atom. The van der Waals surface area contributed by atoms with E-state index in [9.17, 15) is 9.90 Å². The summed E-state index contributed by atoms with van der Waals surface area (Å²) in [5, 5.41) is 9.25. The van der Waals surface area contributed by atoms with Gasteiger partial charge in [-0.3, -0.25) is 4.79 Å². The van der Waals surface area contributed by atoms with Crippen molar-refractivity contribution in [3.8, 4) is 17.2 Å². The van der Waals surface area contributed by atoms with Crippen LogP contribution in [-0.4, -0.2) is 31.9 Å². The van der Waals surface area contributed by atoms with Gasteiger partial charge in [-0.15, -0.1) is 0 Å². The third-order valence-electron chi connectivity index (χ3n) is 3.08. The molecule has 0 heterocycles. The summed E-state index contributed by atoms with van der Waals surface area (Å²) < 4.78 is 16.2. The van der Waals surface area contributed by atoms with Crippen molar-refractivity contribution < 1.29 is 24.1 Å². The maximum atomic E-state index is 11.3. The minimum absolute atomic E-state index is 0.345. The summed E-state index contributed by atoms with van der Waals surface area (Å²) in [7, 11) is 3.08. The van der Waals surface area contributed by atoms with Crippen LogP contribution in [0.4, 0.5) is 0 Å². The minimum atomic E-state index is -0.883. The summed E-state index contributed by atoms with van der Waals surface area (Å²) in [5.74, 6) is 0.749. The summed E-state index contributed by atoms with van der Waals surface area (Å²) in [5.41, 5.74) is -0.0947. The van der Waals surface area contributed by atoms with Gasteiger partial charge in [0.25, 0.3) is 0 Å². The predicted molar refractivity (Wildman–Crippen MR) is 75.8 cm³/mol. The van der Waals surface area contributed by atoms with Gasteiger partial charge >= 0.3 is 5.97 Å². The van der Waals surface area contributed by atoms with Crippen molar-refractivity contribution in [3.63, 3.8) is 0 Å². The molecule has 0 aliphatic heterocycles. The first-order valence-corrected chi connectivity index (χ1v) is 6.47. The number of carbonyl (C=O) groups is 1. The number of aliphatic carboxylic acids is 1. The van der Waals surface area contributed by atoms with Crippen LogP contribution in [0.5, 0.6) is 17.2 Å². The van der Waals surface area contributed by atoms with E-state index in [1.54, 1.807) is 27.0 Å². The zero-order valence-electron chi connectivity index (χ0n) is 12.6. The molecule has 112 valence electrons. The topological polar surface area (TPSA) is 65.0 Å². The molecule has 0 aromatic heterocycles. The standard InChI is InChI=1S/C15H22O5/c1-6-20-12-10(9-15(2,3)14(16)17)7-8-11(18-4)13(12)19-5/h7-8H,6,9H2,1-5H3,(H,16,17). The van der Waals surface area contributed by atoms with Gasteiger partial charge in [0.2, 0.25) is 5.75 Å². The smallest absolute Gasteiger partial charge is 0.309 e. The molecule has 0 fully saturated rings. The molecular formula is C15H22O5. The molecular weight excluding hydrogens is 260 g/mol. The summed E-state index contributed by atoms with van der Waals surface area (Å²) in [6.07, 6.45) is 0.345. The van der Waals surface area contributed by atoms with Gasteiger partial charge in [0.1, 0.15) is 0 Å². The van der Waals surface area contributed by atoms with Crippen LogP contribution in [0.3, 0.4) is 0 Å². The fourth-order valence-electron chi connectivity index (χ4n) is 1.93. The summed E-state index contributed by atoms with van der Waals surface area (Å²) in [4.78, 5) is 11.3. The second-order valence-corrected chi connectivity index (χ2v) is 5.09. The number of carboxylic acids is 1. The number of ether oxygens (including phenoxy) is 3. The molecule has 5 heteroatoms. The lowest BCUT2D eigenvalue weighted by Gasteiger charge is -2.22. The quantitative estimate of drug-likeness (QED) is 0.833. The summed E-state index contributed by atoms with van der Waals surface area (Å²) in [6.45, 7) is 5.69. The first kappa shape index (κ1) is 16.1. The van der Waals surface area contributed by atoms with Crippen LogP contribution < -0.4 is 14.2 Å². The maximum absolute atomic E-state index is 11.3. The fourth-order valence-corrected chi connectivity index (χ4v) is 1.93. The predicted octanol–water partition coefficient (Wildman–Crippen LogP) is 2.76. The van der Waals surface area contributed by atoms with E-state index >= 15 is 0 Å². The highest BCUT2D eigenvalue weighted by molar-refractivity contribution is 5.74. The number of methoxy groups -OCH3 is 2. The second-order valence-electron chi connectivity index (χ2n) is 5.09. The molecule has 0 saturated carbocycles. The van der Waals surface area contributed by atoms with Crippen molar-refractivity contribution in [2.75, 3.05) is 20.8 Å². The van der Waals surface area contributed by atoms with Gasteiger partial charge in [0, 0.05) is 0 Å². The van der Waals surface area contributed by atoms with E-state index < -0.39 is 11.4 Å². The molecule has 0 amide bonds. The molecule has 0 atom stereocenters. The molecule has 0 aliphatic carbocycles. The Kier molecular flexibility index (Phi) is 5.25. The van der Waals surface area contributed by atoms with Gasteiger partial charge in [-0.1, -0.05) is 6.07 Å². The molecule has 5 nitrogen and oxygen atoms in total. The van der Waals surface area contributed by atoms with Crippen LogP contribution in [0.2, 0.25) is 0 Å². The first-order chi connectivity index (χ1) is 9.37. The number of carboxylic acid groups (broad SMARTS) is 1. The Morgan fingerprint density at radius 2 is 1.85 bits per heavy atom. The van der Waals surface area contributed by atoms with Crippen molar-refractivity contribution in [2.24, 2.45) is 5.41 Å². The van der Waals surface area contributed by atoms with Crippen LogP contribution in [0, 0.1) is 5.41 Å². The number of benzene rings is 1. The van der Waals surface area contributed by atoms with E-state index in [0.717, 1.165) is 5.56 Å². The summed E-state index contributed by atoms with van der Waals surface area (Å²) >= 11 is 0. The summed E-state index contributed by atoms with van der Waals surface area (Å²) in [6, 6.07) is 3.58. The highest BCUT2D eigenvalue weighted by Crippen LogP contribution is 2.42. The Labute approximate surface area is 119 Å². The normalized spacial score (nSPS) is 11.1. The largest absolute Gasteiger partial charge is 0.493 e. The molecule has 0 bridgehead atoms. The minimum Gasteiger partial charge on any atom is -0.493 e. The van der Waals surface area contributed by atoms with Crippen LogP contribution in [0.15, 0.2) is 12.1 Å². The number of hydrogen-bond acceptors (Lipinski definition) is 4. The Bertz CT molecular complexity index is 479. The second kappa shape index (κ2) is 6.50. The molecule has 20 heavy (non-hydrogen) atoms. The molecule has 1 N–H and O–H groups in total. The van der Waals surface area contributed by atoms with E-state index in [0.29, 0.717) is 30.3 Å². The highest BCUT2D eigenvalue weighted by atomic mass is 16.5. The van der Waals surface area contributed by atoms with Crippen LogP contribution in [0.1, 0.15) is 26.3 Å². The molecule has 1 aromatic carbocycles. The monoisotopic (exact) mass is 282 g/mol. The lowest BCUT2D eigenvalue weighted by molar-refractivity contribution is -0.146. The van der Waals surface area contributed by atoms with Crippen molar-refractivity contribution in [1.82, 2.24) is 0 Å². The van der Waals surface area contributed by atoms with E-state index in [1.807, 2.05) is 13.0 Å². The molecule has 0 unspecified atom stereocenters. The van der Waals surface area contributed by atoms with Gasteiger partial charge in [0.15, 0.2) is 11.5 Å². The van der Waals surface area contributed by atoms with Crippen molar-refractivity contribution in [2.45, 2.75) is 27.2 Å². The van der Waals surface area contributed by atoms with Gasteiger partial charge in [-0.25, -0.2) is 0 Å². The first-order valence-electron chi connectivity index (χ1n) is 6.47. The SMILES string of the molecule is CCOc1c(CC(C)(C)C(=O)O)ccc(OC)c1OC. The third kappa shape index (κ3) is 3.35. The lowest BCUT2D eigenvalue weighted by atomic mass is 9.85. The molecule has 1 rings (SSSR count). The van der Waals surface area contributed by atoms with Crippen molar-refractivity contribution >= 4 is 5.97 Å². The van der Waals surface area contributed by atoms with Gasteiger partial charge in [-0.2, -0.15) is 0 Å². The Morgan fingerprint density at radius 3 is 2.30 bits per heavy atom. The van der Waals surface area contributed by atoms with Gasteiger partial charge in [0.05, 0.1) is 26.2 Å². The van der Waals surface area contributed by atoms with E-state index in [-0.39, 0.29) is 0 Å². The van der Waals surface area contributed by atoms with E-state index in [2.05, 4.69) is 0 Å². The van der Waals surface area contributed by atoms with Crippen LogP contribution >= 0.6 is 0 Å². The zero-order valence-corrected chi connectivity index (χ0v) is 12.6. The fraction of sp³-hybridized carbons (Fsp3) is 0.533. The molecule has 0 aliphatic rings. The average molecular weight is 282 g/mol. The highest BCUT2D eigenvalue weighted by Gasteiger charge is 2.30. The number of rotatable bonds is 7.